The summed E-state index contributed by atoms with van der Waals surface area (Å²) >= 11 is 0. The third-order valence-electron chi connectivity index (χ3n) is 2.84. The number of Topliss-reactive ketones (excluding diaryl/α,β-unsaturated/α-hetero) is 1. The van der Waals surface area contributed by atoms with Gasteiger partial charge in [0.05, 0.1) is 11.4 Å². The van der Waals surface area contributed by atoms with Crippen LogP contribution in [0.4, 0.5) is 0 Å². The molecule has 0 N–H and O–H groups in total. The Hall–Kier alpha value is -2.03. The summed E-state index contributed by atoms with van der Waals surface area (Å²) in [5.74, 6) is 0.168. The Bertz CT molecular complexity index is 525. The summed E-state index contributed by atoms with van der Waals surface area (Å²) in [5, 5.41) is 0. The number of pyridine rings is 1. The molecule has 0 saturated heterocycles. The molecular formula is C16H20N2O. The molecule has 3 heteroatoms. The van der Waals surface area contributed by atoms with Crippen molar-refractivity contribution < 1.29 is 4.79 Å². The van der Waals surface area contributed by atoms with Crippen molar-refractivity contribution in [2.24, 2.45) is 4.99 Å². The van der Waals surface area contributed by atoms with Crippen molar-refractivity contribution in [2.75, 3.05) is 7.05 Å². The van der Waals surface area contributed by atoms with Gasteiger partial charge < -0.3 is 0 Å². The van der Waals surface area contributed by atoms with Crippen LogP contribution in [0.3, 0.4) is 0 Å². The fourth-order valence-electron chi connectivity index (χ4n) is 1.54. The Kier molecular flexibility index (Phi) is 5.86. The van der Waals surface area contributed by atoms with Crippen LogP contribution in [0.15, 0.2) is 52.7 Å². The molecule has 0 aliphatic heterocycles. The molecule has 0 bridgehead atoms. The van der Waals surface area contributed by atoms with Crippen LogP contribution in [0, 0.1) is 0 Å². The molecule has 0 fully saturated rings. The van der Waals surface area contributed by atoms with Crippen molar-refractivity contribution in [3.05, 3.63) is 53.4 Å². The zero-order chi connectivity index (χ0) is 14.3. The minimum Gasteiger partial charge on any atom is -0.300 e. The fraction of sp³-hybridized carbons (Fsp3) is 0.312. The third-order valence-corrected chi connectivity index (χ3v) is 2.84. The number of carbonyl (C=O) groups excluding carboxylic acids is 1. The quantitative estimate of drug-likeness (QED) is 0.598. The first kappa shape index (κ1) is 15.0. The molecule has 19 heavy (non-hydrogen) atoms. The van der Waals surface area contributed by atoms with E-state index in [9.17, 15) is 4.79 Å². The van der Waals surface area contributed by atoms with Gasteiger partial charge in [0, 0.05) is 19.7 Å². The van der Waals surface area contributed by atoms with Crippen LogP contribution in [0.5, 0.6) is 0 Å². The van der Waals surface area contributed by atoms with Crippen molar-refractivity contribution in [1.82, 2.24) is 4.98 Å². The van der Waals surface area contributed by atoms with E-state index in [1.165, 1.54) is 0 Å². The highest BCUT2D eigenvalue weighted by atomic mass is 16.1. The summed E-state index contributed by atoms with van der Waals surface area (Å²) < 4.78 is 0. The van der Waals surface area contributed by atoms with Gasteiger partial charge in [0.2, 0.25) is 0 Å². The molecule has 1 aromatic heterocycles. The molecule has 0 spiro atoms. The number of carbonyl (C=O) groups is 1. The molecule has 0 aliphatic carbocycles. The maximum absolute atomic E-state index is 11.0. The Morgan fingerprint density at radius 1 is 1.26 bits per heavy atom. The van der Waals surface area contributed by atoms with Gasteiger partial charge in [-0.3, -0.25) is 14.8 Å². The van der Waals surface area contributed by atoms with E-state index in [-0.39, 0.29) is 5.78 Å². The van der Waals surface area contributed by atoms with Crippen LogP contribution < -0.4 is 0 Å². The van der Waals surface area contributed by atoms with E-state index in [2.05, 4.69) is 9.98 Å². The maximum Gasteiger partial charge on any atom is 0.133 e. The molecule has 100 valence electrons. The number of hydrogen-bond acceptors (Lipinski definition) is 3. The molecule has 0 radical (unpaired) electrons. The van der Waals surface area contributed by atoms with Gasteiger partial charge in [-0.1, -0.05) is 17.7 Å². The van der Waals surface area contributed by atoms with Crippen molar-refractivity contribution >= 4 is 11.5 Å². The lowest BCUT2D eigenvalue weighted by molar-refractivity contribution is -0.116. The molecule has 1 rings (SSSR count). The van der Waals surface area contributed by atoms with E-state index >= 15 is 0 Å². The lowest BCUT2D eigenvalue weighted by Crippen LogP contribution is -2.01. The lowest BCUT2D eigenvalue weighted by atomic mass is 10.0. The smallest absolute Gasteiger partial charge is 0.133 e. The highest BCUT2D eigenvalue weighted by molar-refractivity contribution is 6.07. The molecule has 0 unspecified atom stereocenters. The van der Waals surface area contributed by atoms with Gasteiger partial charge in [0.15, 0.2) is 0 Å². The second kappa shape index (κ2) is 7.41. The van der Waals surface area contributed by atoms with Crippen LogP contribution in [0.25, 0.3) is 0 Å². The molecule has 0 amide bonds. The molecule has 0 aliphatic rings. The predicted octanol–water partition coefficient (Wildman–Crippen LogP) is 3.37. The van der Waals surface area contributed by atoms with Crippen molar-refractivity contribution in [1.29, 1.82) is 0 Å². The molecule has 3 nitrogen and oxygen atoms in total. The number of nitrogens with zero attached hydrogens (tertiary/aromatic N) is 2. The van der Waals surface area contributed by atoms with Crippen LogP contribution in [-0.4, -0.2) is 23.5 Å². The second-order valence-corrected chi connectivity index (χ2v) is 4.44. The molecule has 0 atom stereocenters. The van der Waals surface area contributed by atoms with Gasteiger partial charge in [-0.05, 0) is 44.6 Å². The summed E-state index contributed by atoms with van der Waals surface area (Å²) in [6, 6.07) is 5.75. The Morgan fingerprint density at radius 3 is 2.53 bits per heavy atom. The molecule has 0 saturated carbocycles. The first-order valence-corrected chi connectivity index (χ1v) is 6.27. The van der Waals surface area contributed by atoms with Crippen LogP contribution in [-0.2, 0) is 4.79 Å². The predicted molar refractivity (Wildman–Crippen MR) is 79.5 cm³/mol. The largest absolute Gasteiger partial charge is 0.300 e. The first-order chi connectivity index (χ1) is 9.04. The topological polar surface area (TPSA) is 42.3 Å². The summed E-state index contributed by atoms with van der Waals surface area (Å²) in [5.41, 5.74) is 3.87. The van der Waals surface area contributed by atoms with E-state index in [0.717, 1.165) is 22.6 Å². The zero-order valence-corrected chi connectivity index (χ0v) is 12.0. The van der Waals surface area contributed by atoms with Gasteiger partial charge in [0.1, 0.15) is 5.78 Å². The summed E-state index contributed by atoms with van der Waals surface area (Å²) in [6.45, 7) is 5.61. The highest BCUT2D eigenvalue weighted by Crippen LogP contribution is 2.11. The number of aromatic nitrogens is 1. The monoisotopic (exact) mass is 256 g/mol. The molecule has 0 aromatic carbocycles. The van der Waals surface area contributed by atoms with E-state index in [0.29, 0.717) is 6.42 Å². The van der Waals surface area contributed by atoms with E-state index in [1.54, 1.807) is 20.2 Å². The Morgan fingerprint density at radius 2 is 2.00 bits per heavy atom. The van der Waals surface area contributed by atoms with Crippen LogP contribution in [0.1, 0.15) is 32.9 Å². The fourth-order valence-corrected chi connectivity index (χ4v) is 1.54. The second-order valence-electron chi connectivity index (χ2n) is 4.44. The maximum atomic E-state index is 11.0. The number of aliphatic imine (C=N–C) groups is 1. The van der Waals surface area contributed by atoms with Gasteiger partial charge >= 0.3 is 0 Å². The van der Waals surface area contributed by atoms with Gasteiger partial charge in [-0.25, -0.2) is 0 Å². The minimum absolute atomic E-state index is 0.168. The SMILES string of the molecule is CN=C(/C=C(\C)C(C)=CCC(C)=O)c1ccccn1. The normalized spacial score (nSPS) is 13.6. The van der Waals surface area contributed by atoms with E-state index in [4.69, 9.17) is 0 Å². The van der Waals surface area contributed by atoms with Crippen LogP contribution >= 0.6 is 0 Å². The number of ketones is 1. The van der Waals surface area contributed by atoms with Crippen LogP contribution in [0.2, 0.25) is 0 Å². The van der Waals surface area contributed by atoms with Gasteiger partial charge in [-0.15, -0.1) is 0 Å². The van der Waals surface area contributed by atoms with E-state index in [1.807, 2.05) is 44.2 Å². The number of allylic oxidation sites excluding steroid dienone is 4. The first-order valence-electron chi connectivity index (χ1n) is 6.27. The van der Waals surface area contributed by atoms with E-state index < -0.39 is 0 Å². The average Bonchev–Trinajstić information content (AvgIpc) is 2.42. The number of rotatable bonds is 5. The third kappa shape index (κ3) is 5.00. The standard InChI is InChI=1S/C16H20N2O/c1-12(8-9-14(3)19)13(2)11-16(17-4)15-7-5-6-10-18-15/h5-8,10-11H,9H2,1-4H3/b12-8?,13-11+,17-16?. The van der Waals surface area contributed by atoms with Crippen molar-refractivity contribution in [3.63, 3.8) is 0 Å². The highest BCUT2D eigenvalue weighted by Gasteiger charge is 2.02. The van der Waals surface area contributed by atoms with Crippen molar-refractivity contribution in [3.8, 4) is 0 Å². The zero-order valence-electron chi connectivity index (χ0n) is 12.0. The summed E-state index contributed by atoms with van der Waals surface area (Å²) in [7, 11) is 1.75. The number of hydrogen-bond donors (Lipinski definition) is 0. The summed E-state index contributed by atoms with van der Waals surface area (Å²) in [4.78, 5) is 19.5. The summed E-state index contributed by atoms with van der Waals surface area (Å²) in [6.07, 6.45) is 6.16. The van der Waals surface area contributed by atoms with Gasteiger partial charge in [0.25, 0.3) is 0 Å². The lowest BCUT2D eigenvalue weighted by Gasteiger charge is -2.04. The minimum atomic E-state index is 0.168. The molecule has 1 aromatic rings. The Labute approximate surface area is 114 Å². The van der Waals surface area contributed by atoms with Gasteiger partial charge in [-0.2, -0.15) is 0 Å². The Balaban J connectivity index is 2.94. The average molecular weight is 256 g/mol. The van der Waals surface area contributed by atoms with Crippen molar-refractivity contribution in [2.45, 2.75) is 27.2 Å². The molecule has 1 heterocycles. The molecular weight excluding hydrogens is 236 g/mol.